The fourth-order valence-corrected chi connectivity index (χ4v) is 5.77. The Bertz CT molecular complexity index is 865. The van der Waals surface area contributed by atoms with E-state index in [1.807, 2.05) is 0 Å². The molecule has 3 atom stereocenters. The molecular weight excluding hydrogens is 366 g/mol. The molecule has 1 aliphatic heterocycles. The standard InChI is InChI=1S/C22H35NO.C6H4/c1-5-16(3)20-13-22(14-23,18-9-7-6-8-10-18)24-21-17(4)11-15(2)12-19(20)21;1-2-5-4-6(5)3-1/h11-12,16,18,20H,5-10,13-14,23H2,1-4H3;1-4H. The van der Waals surface area contributed by atoms with Crippen LogP contribution < -0.4 is 10.5 Å². The van der Waals surface area contributed by atoms with E-state index in [1.54, 1.807) is 0 Å². The second-order valence-electron chi connectivity index (χ2n) is 9.98. The molecule has 5 rings (SSSR count). The third kappa shape index (κ3) is 4.17. The van der Waals surface area contributed by atoms with Crippen molar-refractivity contribution in [3.05, 3.63) is 53.1 Å². The second-order valence-corrected chi connectivity index (χ2v) is 9.98. The number of hydrogen-bond acceptors (Lipinski definition) is 2. The van der Waals surface area contributed by atoms with Gasteiger partial charge in [-0.3, -0.25) is 0 Å². The minimum absolute atomic E-state index is 0.151. The van der Waals surface area contributed by atoms with Crippen LogP contribution in [0.15, 0.2) is 36.4 Å². The van der Waals surface area contributed by atoms with Crippen LogP contribution in [0.3, 0.4) is 0 Å². The van der Waals surface area contributed by atoms with E-state index in [1.165, 1.54) is 66.3 Å². The van der Waals surface area contributed by atoms with Gasteiger partial charge >= 0.3 is 0 Å². The Morgan fingerprint density at radius 1 is 1.07 bits per heavy atom. The Morgan fingerprint density at radius 2 is 1.77 bits per heavy atom. The molecule has 0 radical (unpaired) electrons. The molecule has 30 heavy (non-hydrogen) atoms. The van der Waals surface area contributed by atoms with Gasteiger partial charge in [-0.2, -0.15) is 0 Å². The third-order valence-corrected chi connectivity index (χ3v) is 7.86. The van der Waals surface area contributed by atoms with Gasteiger partial charge in [0.25, 0.3) is 0 Å². The largest absolute Gasteiger partial charge is 0.485 e. The van der Waals surface area contributed by atoms with Crippen molar-refractivity contribution in [2.45, 2.75) is 84.2 Å². The zero-order chi connectivity index (χ0) is 21.3. The summed E-state index contributed by atoms with van der Waals surface area (Å²) in [4.78, 5) is 0. The summed E-state index contributed by atoms with van der Waals surface area (Å²) in [6, 6.07) is 13.1. The fraction of sp³-hybridized carbons (Fsp3) is 0.571. The highest BCUT2D eigenvalue weighted by atomic mass is 16.5. The van der Waals surface area contributed by atoms with Crippen molar-refractivity contribution < 1.29 is 4.74 Å². The Morgan fingerprint density at radius 3 is 2.30 bits per heavy atom. The molecule has 2 N–H and O–H groups in total. The van der Waals surface area contributed by atoms with Crippen LogP contribution in [0.5, 0.6) is 5.75 Å². The Labute approximate surface area is 183 Å². The van der Waals surface area contributed by atoms with E-state index in [-0.39, 0.29) is 5.60 Å². The minimum Gasteiger partial charge on any atom is -0.485 e. The van der Waals surface area contributed by atoms with E-state index >= 15 is 0 Å². The number of benzene rings is 2. The van der Waals surface area contributed by atoms with E-state index in [0.717, 1.165) is 12.2 Å². The summed E-state index contributed by atoms with van der Waals surface area (Å²) in [5.41, 5.74) is 13.1. The predicted octanol–water partition coefficient (Wildman–Crippen LogP) is 7.16. The van der Waals surface area contributed by atoms with E-state index in [0.29, 0.717) is 24.3 Å². The summed E-state index contributed by atoms with van der Waals surface area (Å²) < 4.78 is 6.79. The SMILES string of the molecule is CCC(C)C1CC(CN)(C2CCCCC2)Oc2c(C)cc(C)cc21.c1cc2cc-2c1. The van der Waals surface area contributed by atoms with Crippen LogP contribution in [-0.2, 0) is 0 Å². The number of hydrogen-bond donors (Lipinski definition) is 1. The number of ether oxygens (including phenoxy) is 1. The highest BCUT2D eigenvalue weighted by Gasteiger charge is 2.47. The average Bonchev–Trinajstić information content (AvgIpc) is 3.38. The molecular formula is C28H39NO. The molecule has 1 saturated carbocycles. The van der Waals surface area contributed by atoms with Crippen molar-refractivity contribution >= 4 is 0 Å². The van der Waals surface area contributed by atoms with Gasteiger partial charge in [0, 0.05) is 6.54 Å². The van der Waals surface area contributed by atoms with Crippen molar-refractivity contribution in [2.75, 3.05) is 6.54 Å². The van der Waals surface area contributed by atoms with Crippen molar-refractivity contribution in [1.29, 1.82) is 0 Å². The first-order valence-corrected chi connectivity index (χ1v) is 12.1. The smallest absolute Gasteiger partial charge is 0.126 e. The monoisotopic (exact) mass is 405 g/mol. The first kappa shape index (κ1) is 21.4. The molecule has 4 aliphatic rings. The van der Waals surface area contributed by atoms with Gasteiger partial charge in [-0.25, -0.2) is 0 Å². The lowest BCUT2D eigenvalue weighted by atomic mass is 9.67. The maximum absolute atomic E-state index is 6.79. The Balaban J connectivity index is 0.000000305. The minimum atomic E-state index is -0.151. The molecule has 3 unspecified atom stereocenters. The third-order valence-electron chi connectivity index (χ3n) is 7.86. The van der Waals surface area contributed by atoms with E-state index < -0.39 is 0 Å². The molecule has 1 heterocycles. The van der Waals surface area contributed by atoms with Gasteiger partial charge in [-0.15, -0.1) is 0 Å². The molecule has 1 aromatic carbocycles. The zero-order valence-electron chi connectivity index (χ0n) is 19.3. The maximum atomic E-state index is 6.79. The lowest BCUT2D eigenvalue weighted by molar-refractivity contribution is -0.0320. The van der Waals surface area contributed by atoms with Gasteiger partial charge in [-0.05, 0) is 79.2 Å². The quantitative estimate of drug-likeness (QED) is 0.500. The summed E-state index contributed by atoms with van der Waals surface area (Å²) in [6.07, 6.45) is 8.92. The van der Waals surface area contributed by atoms with Crippen LogP contribution in [0.1, 0.15) is 81.4 Å². The van der Waals surface area contributed by atoms with Gasteiger partial charge < -0.3 is 10.5 Å². The van der Waals surface area contributed by atoms with Crippen LogP contribution in [0.2, 0.25) is 0 Å². The van der Waals surface area contributed by atoms with Gasteiger partial charge in [-0.1, -0.05) is 75.4 Å². The van der Waals surface area contributed by atoms with Gasteiger partial charge in [0.2, 0.25) is 0 Å². The zero-order valence-corrected chi connectivity index (χ0v) is 19.3. The molecule has 2 heteroatoms. The summed E-state index contributed by atoms with van der Waals surface area (Å²) in [6.45, 7) is 9.77. The molecule has 0 aromatic heterocycles. The molecule has 0 spiro atoms. The molecule has 0 saturated heterocycles. The summed E-state index contributed by atoms with van der Waals surface area (Å²) >= 11 is 0. The van der Waals surface area contributed by atoms with Crippen molar-refractivity contribution in [2.24, 2.45) is 17.6 Å². The highest BCUT2D eigenvalue weighted by molar-refractivity contribution is 5.80. The molecule has 3 aliphatic carbocycles. The molecule has 2 nitrogen and oxygen atoms in total. The van der Waals surface area contributed by atoms with Crippen LogP contribution in [0.25, 0.3) is 11.1 Å². The Hall–Kier alpha value is -1.80. The Kier molecular flexibility index (Phi) is 6.25. The predicted molar refractivity (Wildman–Crippen MR) is 127 cm³/mol. The van der Waals surface area contributed by atoms with Crippen molar-refractivity contribution in [3.8, 4) is 16.9 Å². The first-order chi connectivity index (χ1) is 14.5. The summed E-state index contributed by atoms with van der Waals surface area (Å²) in [5, 5.41) is 0. The lowest BCUT2D eigenvalue weighted by Crippen LogP contribution is -2.54. The van der Waals surface area contributed by atoms with Crippen LogP contribution in [0, 0.1) is 25.7 Å². The molecule has 1 aromatic rings. The molecule has 0 amide bonds. The summed E-state index contributed by atoms with van der Waals surface area (Å²) in [5.74, 6) is 3.01. The van der Waals surface area contributed by atoms with Crippen LogP contribution in [0.4, 0.5) is 0 Å². The molecule has 1 fully saturated rings. The highest BCUT2D eigenvalue weighted by Crippen LogP contribution is 2.51. The normalized spacial score (nSPS) is 25.4. The number of nitrogens with two attached hydrogens (primary N) is 1. The van der Waals surface area contributed by atoms with Crippen LogP contribution in [-0.4, -0.2) is 12.1 Å². The first-order valence-electron chi connectivity index (χ1n) is 12.1. The fourth-order valence-electron chi connectivity index (χ4n) is 5.77. The van der Waals surface area contributed by atoms with Gasteiger partial charge in [0.15, 0.2) is 0 Å². The number of rotatable bonds is 4. The second kappa shape index (κ2) is 8.75. The van der Waals surface area contributed by atoms with Crippen molar-refractivity contribution in [1.82, 2.24) is 0 Å². The molecule has 162 valence electrons. The number of fused-ring (bicyclic) bond motifs is 2. The van der Waals surface area contributed by atoms with E-state index in [4.69, 9.17) is 10.5 Å². The maximum Gasteiger partial charge on any atom is 0.126 e. The van der Waals surface area contributed by atoms with E-state index in [2.05, 4.69) is 64.1 Å². The van der Waals surface area contributed by atoms with Crippen LogP contribution >= 0.6 is 0 Å². The van der Waals surface area contributed by atoms with E-state index in [9.17, 15) is 0 Å². The number of aryl methyl sites for hydroxylation is 2. The van der Waals surface area contributed by atoms with Crippen molar-refractivity contribution in [3.63, 3.8) is 0 Å². The summed E-state index contributed by atoms with van der Waals surface area (Å²) in [7, 11) is 0. The lowest BCUT2D eigenvalue weighted by Gasteiger charge is -2.49. The molecule has 0 bridgehead atoms. The van der Waals surface area contributed by atoms with Gasteiger partial charge in [0.1, 0.15) is 11.4 Å². The topological polar surface area (TPSA) is 35.2 Å². The average molecular weight is 406 g/mol. The van der Waals surface area contributed by atoms with Gasteiger partial charge in [0.05, 0.1) is 0 Å².